The molecule has 3 aromatic carbocycles. The molecule has 0 radical (unpaired) electrons. The van der Waals surface area contributed by atoms with Gasteiger partial charge in [-0.15, -0.1) is 0 Å². The van der Waals surface area contributed by atoms with Crippen molar-refractivity contribution in [1.29, 1.82) is 0 Å². The Morgan fingerprint density at radius 3 is 2.21 bits per heavy atom. The van der Waals surface area contributed by atoms with Crippen LogP contribution in [0.4, 0.5) is 4.79 Å². The molecule has 1 fully saturated rings. The Labute approximate surface area is 246 Å². The summed E-state index contributed by atoms with van der Waals surface area (Å²) in [6, 6.07) is 18.4. The predicted octanol–water partition coefficient (Wildman–Crippen LogP) is 4.89. The summed E-state index contributed by atoms with van der Waals surface area (Å²) in [5, 5.41) is 26.5. The average Bonchev–Trinajstić information content (AvgIpc) is 3.77. The SMILES string of the molecule is Cc1cccc(C(C(=O)NCc2ccccc2)N(C(=O)C(Cc2ccc(O)cc2)NC(=O)OC(C)(C)C)C2CC2)c1O. The molecule has 3 amide bonds. The van der Waals surface area contributed by atoms with Crippen LogP contribution in [0.1, 0.15) is 61.9 Å². The molecule has 0 aromatic heterocycles. The average molecular weight is 574 g/mol. The molecule has 0 bridgehead atoms. The van der Waals surface area contributed by atoms with Gasteiger partial charge in [0.2, 0.25) is 11.8 Å². The summed E-state index contributed by atoms with van der Waals surface area (Å²) in [4.78, 5) is 42.8. The number of para-hydroxylation sites is 1. The third kappa shape index (κ3) is 8.02. The summed E-state index contributed by atoms with van der Waals surface area (Å²) in [6.45, 7) is 7.16. The molecule has 9 nitrogen and oxygen atoms in total. The van der Waals surface area contributed by atoms with E-state index in [1.807, 2.05) is 30.3 Å². The first-order valence-electron chi connectivity index (χ1n) is 14.1. The van der Waals surface area contributed by atoms with E-state index in [4.69, 9.17) is 4.74 Å². The Morgan fingerprint density at radius 2 is 1.60 bits per heavy atom. The first-order chi connectivity index (χ1) is 19.9. The Balaban J connectivity index is 1.71. The van der Waals surface area contributed by atoms with Gasteiger partial charge in [0, 0.05) is 24.6 Å². The van der Waals surface area contributed by atoms with E-state index in [2.05, 4.69) is 10.6 Å². The second-order valence-electron chi connectivity index (χ2n) is 11.7. The molecule has 4 rings (SSSR count). The maximum Gasteiger partial charge on any atom is 0.408 e. The fourth-order valence-corrected chi connectivity index (χ4v) is 4.77. The van der Waals surface area contributed by atoms with Crippen molar-refractivity contribution in [2.24, 2.45) is 0 Å². The first-order valence-corrected chi connectivity index (χ1v) is 14.1. The number of aromatic hydroxyl groups is 2. The Bertz CT molecular complexity index is 1400. The van der Waals surface area contributed by atoms with Crippen LogP contribution in [0.3, 0.4) is 0 Å². The van der Waals surface area contributed by atoms with Crippen LogP contribution in [-0.4, -0.2) is 50.7 Å². The number of phenols is 2. The maximum absolute atomic E-state index is 14.4. The molecule has 9 heteroatoms. The maximum atomic E-state index is 14.4. The van der Waals surface area contributed by atoms with Crippen molar-refractivity contribution < 1.29 is 29.3 Å². The van der Waals surface area contributed by atoms with Crippen LogP contribution < -0.4 is 10.6 Å². The molecule has 0 heterocycles. The minimum absolute atomic E-state index is 0.0639. The van der Waals surface area contributed by atoms with Crippen LogP contribution >= 0.6 is 0 Å². The van der Waals surface area contributed by atoms with E-state index >= 15 is 0 Å². The third-order valence-electron chi connectivity index (χ3n) is 6.96. The number of rotatable bonds is 10. The summed E-state index contributed by atoms with van der Waals surface area (Å²) in [7, 11) is 0. The van der Waals surface area contributed by atoms with Crippen LogP contribution in [0.15, 0.2) is 72.8 Å². The summed E-state index contributed by atoms with van der Waals surface area (Å²) >= 11 is 0. The van der Waals surface area contributed by atoms with Gasteiger partial charge in [0.05, 0.1) is 0 Å². The molecule has 4 N–H and O–H groups in total. The van der Waals surface area contributed by atoms with E-state index in [-0.39, 0.29) is 30.5 Å². The van der Waals surface area contributed by atoms with Crippen molar-refractivity contribution >= 4 is 17.9 Å². The fourth-order valence-electron chi connectivity index (χ4n) is 4.77. The lowest BCUT2D eigenvalue weighted by Gasteiger charge is -2.35. The van der Waals surface area contributed by atoms with Crippen molar-refractivity contribution in [1.82, 2.24) is 15.5 Å². The van der Waals surface area contributed by atoms with Gasteiger partial charge in [-0.3, -0.25) is 9.59 Å². The number of carbonyl (C=O) groups excluding carboxylic acids is 3. The van der Waals surface area contributed by atoms with Crippen LogP contribution in [0.2, 0.25) is 0 Å². The predicted molar refractivity (Wildman–Crippen MR) is 159 cm³/mol. The lowest BCUT2D eigenvalue weighted by Crippen LogP contribution is -2.54. The zero-order chi connectivity index (χ0) is 30.4. The van der Waals surface area contributed by atoms with Gasteiger partial charge in [0.15, 0.2) is 0 Å². The van der Waals surface area contributed by atoms with Crippen molar-refractivity contribution in [2.75, 3.05) is 0 Å². The van der Waals surface area contributed by atoms with Crippen molar-refractivity contribution in [3.63, 3.8) is 0 Å². The van der Waals surface area contributed by atoms with E-state index in [9.17, 15) is 24.6 Å². The summed E-state index contributed by atoms with van der Waals surface area (Å²) in [6.07, 6.45) is 0.691. The van der Waals surface area contributed by atoms with Crippen molar-refractivity contribution in [3.8, 4) is 11.5 Å². The van der Waals surface area contributed by atoms with E-state index < -0.39 is 35.6 Å². The minimum atomic E-state index is -1.14. The molecule has 0 spiro atoms. The van der Waals surface area contributed by atoms with Crippen LogP contribution in [-0.2, 0) is 27.3 Å². The molecule has 0 aliphatic heterocycles. The number of alkyl carbamates (subject to hydrolysis) is 1. The highest BCUT2D eigenvalue weighted by Gasteiger charge is 2.45. The molecule has 1 aliphatic rings. The molecule has 1 saturated carbocycles. The Kier molecular flexibility index (Phi) is 9.40. The molecular formula is C33H39N3O6. The summed E-state index contributed by atoms with van der Waals surface area (Å²) in [5.41, 5.74) is 1.67. The Morgan fingerprint density at radius 1 is 0.929 bits per heavy atom. The quantitative estimate of drug-likeness (QED) is 0.273. The largest absolute Gasteiger partial charge is 0.508 e. The second kappa shape index (κ2) is 13.0. The highest BCUT2D eigenvalue weighted by molar-refractivity contribution is 5.93. The van der Waals surface area contributed by atoms with Gasteiger partial charge in [0.1, 0.15) is 29.2 Å². The molecule has 3 aromatic rings. The van der Waals surface area contributed by atoms with Crippen molar-refractivity contribution in [2.45, 2.75) is 77.2 Å². The number of hydrogen-bond donors (Lipinski definition) is 4. The van der Waals surface area contributed by atoms with E-state index in [0.29, 0.717) is 29.5 Å². The number of benzene rings is 3. The highest BCUT2D eigenvalue weighted by atomic mass is 16.6. The van der Waals surface area contributed by atoms with E-state index in [1.54, 1.807) is 58.0 Å². The lowest BCUT2D eigenvalue weighted by molar-refractivity contribution is -0.143. The van der Waals surface area contributed by atoms with Gasteiger partial charge in [-0.05, 0) is 69.4 Å². The number of nitrogens with one attached hydrogen (secondary N) is 2. The highest BCUT2D eigenvalue weighted by Crippen LogP contribution is 2.39. The van der Waals surface area contributed by atoms with Gasteiger partial charge >= 0.3 is 6.09 Å². The Hall–Kier alpha value is -4.53. The second-order valence-corrected chi connectivity index (χ2v) is 11.7. The zero-order valence-electron chi connectivity index (χ0n) is 24.5. The van der Waals surface area contributed by atoms with Gasteiger partial charge in [-0.1, -0.05) is 60.7 Å². The van der Waals surface area contributed by atoms with Crippen molar-refractivity contribution in [3.05, 3.63) is 95.1 Å². The topological polar surface area (TPSA) is 128 Å². The van der Waals surface area contributed by atoms with E-state index in [0.717, 1.165) is 5.56 Å². The molecular weight excluding hydrogens is 534 g/mol. The number of phenolic OH excluding ortho intramolecular Hbond substituents is 2. The lowest BCUT2D eigenvalue weighted by atomic mass is 9.97. The molecule has 1 aliphatic carbocycles. The minimum Gasteiger partial charge on any atom is -0.508 e. The standard InChI is InChI=1S/C33H39N3O6/c1-21-9-8-12-26(29(21)38)28(30(39)34-20-23-10-6-5-7-11-23)36(24-15-16-24)31(40)27(35-32(41)42-33(2,3)4)19-22-13-17-25(37)18-14-22/h5-14,17-18,24,27-28,37-38H,15-16,19-20H2,1-4H3,(H,34,39)(H,35,41). The summed E-state index contributed by atoms with van der Waals surface area (Å²) in [5.74, 6) is -0.907. The fraction of sp³-hybridized carbons (Fsp3) is 0.364. The molecule has 0 saturated heterocycles. The normalized spacial score (nSPS) is 14.4. The van der Waals surface area contributed by atoms with Crippen LogP contribution in [0.5, 0.6) is 11.5 Å². The number of carbonyl (C=O) groups is 3. The van der Waals surface area contributed by atoms with Gasteiger partial charge in [0.25, 0.3) is 0 Å². The number of ether oxygens (including phenoxy) is 1. The van der Waals surface area contributed by atoms with Gasteiger partial charge < -0.3 is 30.5 Å². The van der Waals surface area contributed by atoms with Gasteiger partial charge in [-0.2, -0.15) is 0 Å². The number of hydrogen-bond acceptors (Lipinski definition) is 6. The van der Waals surface area contributed by atoms with Crippen LogP contribution in [0, 0.1) is 6.92 Å². The van der Waals surface area contributed by atoms with Crippen LogP contribution in [0.25, 0.3) is 0 Å². The first kappa shape index (κ1) is 30.4. The van der Waals surface area contributed by atoms with E-state index in [1.165, 1.54) is 17.0 Å². The zero-order valence-corrected chi connectivity index (χ0v) is 24.5. The summed E-state index contributed by atoms with van der Waals surface area (Å²) < 4.78 is 5.47. The molecule has 42 heavy (non-hydrogen) atoms. The molecule has 2 atom stereocenters. The molecule has 2 unspecified atom stereocenters. The molecule has 222 valence electrons. The smallest absolute Gasteiger partial charge is 0.408 e. The monoisotopic (exact) mass is 573 g/mol. The third-order valence-corrected chi connectivity index (χ3v) is 6.96. The number of aryl methyl sites for hydroxylation is 1. The number of amides is 3. The number of nitrogens with zero attached hydrogens (tertiary/aromatic N) is 1. The van der Waals surface area contributed by atoms with Gasteiger partial charge in [-0.25, -0.2) is 4.79 Å².